The number of hydrogen-bond acceptors (Lipinski definition) is 9. The number of fused-ring (bicyclic) bond motifs is 5. The monoisotopic (exact) mass is 969 g/mol. The third-order valence-corrected chi connectivity index (χ3v) is 17.5. The number of alkyl carbamates (subject to hydrolysis) is 1. The van der Waals surface area contributed by atoms with Crippen LogP contribution in [0.25, 0.3) is 44.7 Å². The fourth-order valence-corrected chi connectivity index (χ4v) is 13.9. The van der Waals surface area contributed by atoms with Gasteiger partial charge in [0.05, 0.1) is 70.5 Å². The minimum Gasteiger partial charge on any atom is -0.464 e. The van der Waals surface area contributed by atoms with Crippen molar-refractivity contribution in [2.75, 3.05) is 37.8 Å². The molecule has 1 saturated carbocycles. The van der Waals surface area contributed by atoms with Crippen LogP contribution in [0.1, 0.15) is 96.8 Å². The molecule has 17 heteroatoms. The maximum absolute atomic E-state index is 17.0. The fraction of sp³-hybridized carbons (Fsp3) is 0.365. The summed E-state index contributed by atoms with van der Waals surface area (Å²) in [6.45, 7) is 4.28. The molecule has 3 aliphatic heterocycles. The number of imidazole rings is 2. The van der Waals surface area contributed by atoms with Gasteiger partial charge in [-0.05, 0) is 98.1 Å². The lowest BCUT2D eigenvalue weighted by atomic mass is 10.0. The van der Waals surface area contributed by atoms with Gasteiger partial charge in [-0.2, -0.15) is 0 Å². The number of aromatic amines is 2. The highest BCUT2D eigenvalue weighted by atomic mass is 32.3. The van der Waals surface area contributed by atoms with Crippen LogP contribution in [0.15, 0.2) is 91.3 Å². The molecule has 0 spiro atoms. The van der Waals surface area contributed by atoms with Crippen LogP contribution in [0.4, 0.5) is 9.18 Å². The molecule has 3 amide bonds. The molecule has 0 radical (unpaired) electrons. The van der Waals surface area contributed by atoms with Crippen LogP contribution < -0.4 is 15.8 Å². The van der Waals surface area contributed by atoms with Crippen molar-refractivity contribution in [1.29, 1.82) is 0 Å². The van der Waals surface area contributed by atoms with Gasteiger partial charge in [-0.3, -0.25) is 14.2 Å². The highest BCUT2D eigenvalue weighted by molar-refractivity contribution is 8.32. The molecule has 4 aromatic heterocycles. The molecule has 358 valence electrons. The largest absolute Gasteiger partial charge is 0.464 e. The lowest BCUT2D eigenvalue weighted by Gasteiger charge is -2.30. The predicted octanol–water partition coefficient (Wildman–Crippen LogP) is 9.75. The van der Waals surface area contributed by atoms with Gasteiger partial charge in [-0.25, -0.2) is 29.2 Å². The summed E-state index contributed by atoms with van der Waals surface area (Å²) in [4.78, 5) is 62.5. The molecule has 69 heavy (non-hydrogen) atoms. The molecule has 14 nitrogen and oxygen atoms in total. The van der Waals surface area contributed by atoms with E-state index in [0.29, 0.717) is 58.8 Å². The van der Waals surface area contributed by atoms with E-state index in [9.17, 15) is 14.4 Å². The summed E-state index contributed by atoms with van der Waals surface area (Å²) in [5.41, 5.74) is 12.2. The molecule has 4 aliphatic rings. The first kappa shape index (κ1) is 45.0. The quantitative estimate of drug-likeness (QED) is 0.0991. The molecule has 7 aromatic rings. The number of rotatable bonds is 11. The number of amides is 3. The van der Waals surface area contributed by atoms with Gasteiger partial charge in [-0.1, -0.05) is 50.2 Å². The van der Waals surface area contributed by atoms with Crippen molar-refractivity contribution in [1.82, 2.24) is 39.6 Å². The van der Waals surface area contributed by atoms with Crippen LogP contribution in [0.2, 0.25) is 0 Å². The van der Waals surface area contributed by atoms with Crippen LogP contribution in [0.3, 0.4) is 0 Å². The Morgan fingerprint density at radius 2 is 1.61 bits per heavy atom. The number of ether oxygens (including phenoxy) is 2. The zero-order valence-corrected chi connectivity index (χ0v) is 40.8. The number of nitrogens with two attached hydrogens (primary N) is 1. The van der Waals surface area contributed by atoms with Crippen LogP contribution in [0.5, 0.6) is 5.75 Å². The van der Waals surface area contributed by atoms with Gasteiger partial charge >= 0.3 is 6.09 Å². The van der Waals surface area contributed by atoms with Crippen LogP contribution in [-0.2, 0) is 14.3 Å². The van der Waals surface area contributed by atoms with Crippen molar-refractivity contribution < 1.29 is 28.2 Å². The van der Waals surface area contributed by atoms with Crippen molar-refractivity contribution in [2.24, 2.45) is 11.7 Å². The van der Waals surface area contributed by atoms with Gasteiger partial charge in [0.1, 0.15) is 35.3 Å². The summed E-state index contributed by atoms with van der Waals surface area (Å²) in [7, 11) is 0.158. The lowest BCUT2D eigenvalue weighted by molar-refractivity contribution is -0.135. The molecule has 3 aromatic carbocycles. The molecule has 0 bridgehead atoms. The number of H-pyrrole nitrogens is 2. The van der Waals surface area contributed by atoms with E-state index in [4.69, 9.17) is 25.2 Å². The number of aromatic nitrogens is 5. The molecule has 5 atom stereocenters. The van der Waals surface area contributed by atoms with Crippen LogP contribution in [0, 0.1) is 11.7 Å². The van der Waals surface area contributed by atoms with E-state index in [1.165, 1.54) is 30.9 Å². The standard InChI is InChI=1S/C52H56FN9O5S2/c1-28(2)46(59-52(65)66-3)50(64)60-19-9-12-38(60)47-55-25-36(58-47)32-21-34(53)44-39-22-33-20-31(15-16-37(33)62(39)51(67-41(44)23-32)43-18-17-42(68-43)29-13-14-29)35-24-56-48(57-35)40-26-69(4,5)27-61(40)49(63)45(54)30-10-7-6-8-11-30/h6-8,10-11,15-18,20-25,28-29,38,40,45-46,51H,9,12-14,19,26-27,54H2,1-5H3,(H,55,58)(H,56,57)(H,59,65)/t38-,40-,45-,46-,51-/m0/s1. The maximum atomic E-state index is 17.0. The van der Waals surface area contributed by atoms with Crippen LogP contribution in [-0.4, -0.2) is 96.0 Å². The summed E-state index contributed by atoms with van der Waals surface area (Å²) in [6, 6.07) is 23.3. The normalized spacial score (nSPS) is 20.9. The Kier molecular flexibility index (Phi) is 11.4. The Labute approximate surface area is 405 Å². The molecule has 3 fully saturated rings. The second-order valence-electron chi connectivity index (χ2n) is 19.7. The highest BCUT2D eigenvalue weighted by Crippen LogP contribution is 2.53. The number of hydrogen-bond donors (Lipinski definition) is 4. The van der Waals surface area contributed by atoms with Crippen LogP contribution >= 0.6 is 21.4 Å². The predicted molar refractivity (Wildman–Crippen MR) is 268 cm³/mol. The third kappa shape index (κ3) is 8.27. The maximum Gasteiger partial charge on any atom is 0.407 e. The lowest BCUT2D eigenvalue weighted by Crippen LogP contribution is -2.51. The molecule has 0 unspecified atom stereocenters. The Morgan fingerprint density at radius 1 is 0.884 bits per heavy atom. The number of nitrogens with zero attached hydrogens (tertiary/aromatic N) is 5. The number of thiophene rings is 1. The van der Waals surface area contributed by atoms with Gasteiger partial charge in [0.2, 0.25) is 18.0 Å². The Morgan fingerprint density at radius 3 is 2.33 bits per heavy atom. The van der Waals surface area contributed by atoms with Crippen molar-refractivity contribution >= 4 is 50.2 Å². The third-order valence-electron chi connectivity index (χ3n) is 14.0. The first-order valence-corrected chi connectivity index (χ1v) is 27.2. The minimum absolute atomic E-state index is 0.111. The Bertz CT molecular complexity index is 3120. The summed E-state index contributed by atoms with van der Waals surface area (Å²) in [6.07, 6.45) is 10.6. The topological polar surface area (TPSA) is 176 Å². The number of nitrogens with one attached hydrogen (secondary N) is 3. The average Bonchev–Trinajstić information content (AvgIpc) is 4.02. The number of methoxy groups -OCH3 is 1. The highest BCUT2D eigenvalue weighted by Gasteiger charge is 2.42. The van der Waals surface area contributed by atoms with E-state index in [2.05, 4.69) is 62.7 Å². The zero-order chi connectivity index (χ0) is 47.9. The number of carbonyl (C=O) groups is 3. The molecule has 2 saturated heterocycles. The van der Waals surface area contributed by atoms with Crippen molar-refractivity contribution in [2.45, 2.75) is 75.8 Å². The molecule has 11 rings (SSSR count). The van der Waals surface area contributed by atoms with E-state index in [0.717, 1.165) is 50.6 Å². The summed E-state index contributed by atoms with van der Waals surface area (Å²) in [5, 5.41) is 3.61. The van der Waals surface area contributed by atoms with E-state index >= 15 is 4.39 Å². The van der Waals surface area contributed by atoms with Gasteiger partial charge in [0.15, 0.2) is 0 Å². The Hall–Kier alpha value is -6.43. The van der Waals surface area contributed by atoms with E-state index < -0.39 is 40.3 Å². The van der Waals surface area contributed by atoms with Crippen molar-refractivity contribution in [3.8, 4) is 39.5 Å². The number of benzene rings is 3. The molecule has 7 heterocycles. The van der Waals surface area contributed by atoms with Gasteiger partial charge in [-0.15, -0.1) is 11.3 Å². The van der Waals surface area contributed by atoms with Crippen molar-refractivity contribution in [3.63, 3.8) is 0 Å². The van der Waals surface area contributed by atoms with Gasteiger partial charge < -0.3 is 40.3 Å². The Balaban J connectivity index is 0.915. The molecular formula is C52H56FN9O5S2. The number of carbonyl (C=O) groups excluding carboxylic acids is 3. The molecule has 5 N–H and O–H groups in total. The first-order valence-electron chi connectivity index (χ1n) is 23.6. The summed E-state index contributed by atoms with van der Waals surface area (Å²) < 4.78 is 30.8. The van der Waals surface area contributed by atoms with Crippen molar-refractivity contribution in [3.05, 3.63) is 124 Å². The second-order valence-corrected chi connectivity index (χ2v) is 24.9. The minimum atomic E-state index is -1.12. The van der Waals surface area contributed by atoms with E-state index in [1.807, 2.05) is 67.4 Å². The fourth-order valence-electron chi connectivity index (χ4n) is 10.3. The second kappa shape index (κ2) is 17.5. The summed E-state index contributed by atoms with van der Waals surface area (Å²) >= 11 is 1.74. The molecular weight excluding hydrogens is 914 g/mol. The van der Waals surface area contributed by atoms with Gasteiger partial charge in [0, 0.05) is 33.7 Å². The SMILES string of the molecule is COC(=O)N[C@H](C(=O)N1CCC[C@H]1c1ncc(-c2cc(F)c3c(c2)O[C@@H](c2ccc(C4CC4)s2)n2c-3cc3cc(-c4cnc([C@@H]5CS(C)(C)CN5C(=O)[C@@H](N)c5ccccc5)[nH]4)ccc32)[nH]1)C(C)C. The first-order chi connectivity index (χ1) is 33.2. The number of halogens is 1. The smallest absolute Gasteiger partial charge is 0.407 e. The number of likely N-dealkylation sites (tertiary alicyclic amines) is 1. The molecule has 1 aliphatic carbocycles. The zero-order valence-electron chi connectivity index (χ0n) is 39.2. The average molecular weight is 970 g/mol. The van der Waals surface area contributed by atoms with Gasteiger partial charge in [0.25, 0.3) is 0 Å². The van der Waals surface area contributed by atoms with E-state index in [-0.39, 0.29) is 29.8 Å². The summed E-state index contributed by atoms with van der Waals surface area (Å²) in [5.74, 6) is 2.83. The van der Waals surface area contributed by atoms with E-state index in [1.54, 1.807) is 22.4 Å².